The number of rotatable bonds is 7. The van der Waals surface area contributed by atoms with Gasteiger partial charge in [0.25, 0.3) is 5.91 Å². The molecule has 5 heteroatoms. The predicted molar refractivity (Wildman–Crippen MR) is 78.1 cm³/mol. The molecule has 1 aliphatic carbocycles. The quantitative estimate of drug-likeness (QED) is 0.807. The minimum atomic E-state index is -1.20. The Bertz CT molecular complexity index is 512. The number of para-hydroxylation sites is 1. The standard InChI is InChI=1S/C16H21NO4/c1-3-13(21-12-7-5-4-6-8-12)14(18)17-16(2,15(19)20)11-9-10-11/h4-8,11,13H,3,9-10H2,1-2H3,(H,17,18)(H,19,20). The molecule has 114 valence electrons. The van der Waals surface area contributed by atoms with Gasteiger partial charge in [0.2, 0.25) is 0 Å². The Labute approximate surface area is 124 Å². The average molecular weight is 291 g/mol. The Kier molecular flexibility index (Phi) is 4.50. The minimum Gasteiger partial charge on any atom is -0.481 e. The lowest BCUT2D eigenvalue weighted by atomic mass is 9.95. The van der Waals surface area contributed by atoms with E-state index in [4.69, 9.17) is 4.74 Å². The molecule has 5 nitrogen and oxygen atoms in total. The van der Waals surface area contributed by atoms with Crippen LogP contribution in [0, 0.1) is 5.92 Å². The summed E-state index contributed by atoms with van der Waals surface area (Å²) in [6, 6.07) is 9.06. The summed E-state index contributed by atoms with van der Waals surface area (Å²) in [6.45, 7) is 3.41. The molecule has 0 heterocycles. The van der Waals surface area contributed by atoms with E-state index in [1.807, 2.05) is 25.1 Å². The summed E-state index contributed by atoms with van der Waals surface area (Å²) in [6.07, 6.45) is 1.45. The summed E-state index contributed by atoms with van der Waals surface area (Å²) in [5.41, 5.74) is -1.20. The molecule has 0 aliphatic heterocycles. The molecule has 0 bridgehead atoms. The zero-order chi connectivity index (χ0) is 15.5. The van der Waals surface area contributed by atoms with Crippen molar-refractivity contribution >= 4 is 11.9 Å². The zero-order valence-electron chi connectivity index (χ0n) is 12.3. The van der Waals surface area contributed by atoms with E-state index in [1.165, 1.54) is 0 Å². The lowest BCUT2D eigenvalue weighted by Crippen LogP contribution is -2.57. The first-order chi connectivity index (χ1) is 9.97. The number of ether oxygens (including phenoxy) is 1. The summed E-state index contributed by atoms with van der Waals surface area (Å²) in [4.78, 5) is 23.8. The van der Waals surface area contributed by atoms with Crippen LogP contribution in [0.15, 0.2) is 30.3 Å². The van der Waals surface area contributed by atoms with Crippen molar-refractivity contribution in [3.05, 3.63) is 30.3 Å². The van der Waals surface area contributed by atoms with Crippen molar-refractivity contribution in [3.8, 4) is 5.75 Å². The van der Waals surface area contributed by atoms with Crippen LogP contribution < -0.4 is 10.1 Å². The highest BCUT2D eigenvalue weighted by molar-refractivity contribution is 5.89. The van der Waals surface area contributed by atoms with Gasteiger partial charge in [-0.1, -0.05) is 25.1 Å². The van der Waals surface area contributed by atoms with Crippen molar-refractivity contribution in [2.75, 3.05) is 0 Å². The van der Waals surface area contributed by atoms with Gasteiger partial charge in [-0.2, -0.15) is 0 Å². The van der Waals surface area contributed by atoms with Crippen LogP contribution in [0.25, 0.3) is 0 Å². The number of carboxylic acids is 1. The first-order valence-electron chi connectivity index (χ1n) is 7.24. The number of aliphatic carboxylic acids is 1. The number of carbonyl (C=O) groups is 2. The van der Waals surface area contributed by atoms with Gasteiger partial charge in [-0.05, 0) is 44.2 Å². The molecule has 2 rings (SSSR count). The Morgan fingerprint density at radius 1 is 1.38 bits per heavy atom. The third-order valence-electron chi connectivity index (χ3n) is 3.91. The first-order valence-corrected chi connectivity index (χ1v) is 7.24. The number of nitrogens with one attached hydrogen (secondary N) is 1. The maximum Gasteiger partial charge on any atom is 0.329 e. The van der Waals surface area contributed by atoms with E-state index in [0.717, 1.165) is 12.8 Å². The van der Waals surface area contributed by atoms with Gasteiger partial charge in [0.05, 0.1) is 0 Å². The van der Waals surface area contributed by atoms with Crippen LogP contribution in [-0.4, -0.2) is 28.6 Å². The van der Waals surface area contributed by atoms with E-state index in [0.29, 0.717) is 12.2 Å². The second kappa shape index (κ2) is 6.16. The van der Waals surface area contributed by atoms with E-state index >= 15 is 0 Å². The number of amides is 1. The number of hydrogen-bond donors (Lipinski definition) is 2. The molecule has 0 radical (unpaired) electrons. The molecule has 0 saturated heterocycles. The molecule has 0 spiro atoms. The van der Waals surface area contributed by atoms with Gasteiger partial charge in [-0.15, -0.1) is 0 Å². The second-order valence-corrected chi connectivity index (χ2v) is 5.60. The fraction of sp³-hybridized carbons (Fsp3) is 0.500. The summed E-state index contributed by atoms with van der Waals surface area (Å²) < 4.78 is 5.65. The number of carbonyl (C=O) groups excluding carboxylic acids is 1. The molecule has 21 heavy (non-hydrogen) atoms. The summed E-state index contributed by atoms with van der Waals surface area (Å²) in [5, 5.41) is 12.0. The normalized spacial score (nSPS) is 18.4. The van der Waals surface area contributed by atoms with Crippen molar-refractivity contribution in [3.63, 3.8) is 0 Å². The number of hydrogen-bond acceptors (Lipinski definition) is 3. The largest absolute Gasteiger partial charge is 0.481 e. The van der Waals surface area contributed by atoms with Crippen LogP contribution >= 0.6 is 0 Å². The molecule has 2 atom stereocenters. The van der Waals surface area contributed by atoms with Gasteiger partial charge in [-0.3, -0.25) is 4.79 Å². The van der Waals surface area contributed by atoms with Crippen molar-refractivity contribution in [1.82, 2.24) is 5.32 Å². The Morgan fingerprint density at radius 3 is 2.48 bits per heavy atom. The van der Waals surface area contributed by atoms with Gasteiger partial charge in [0.15, 0.2) is 6.10 Å². The fourth-order valence-corrected chi connectivity index (χ4v) is 2.31. The van der Waals surface area contributed by atoms with Gasteiger partial charge < -0.3 is 15.2 Å². The van der Waals surface area contributed by atoms with Crippen molar-refractivity contribution < 1.29 is 19.4 Å². The summed E-state index contributed by atoms with van der Waals surface area (Å²) in [7, 11) is 0. The molecule has 1 aromatic rings. The highest BCUT2D eigenvalue weighted by atomic mass is 16.5. The SMILES string of the molecule is CCC(Oc1ccccc1)C(=O)NC(C)(C(=O)O)C1CC1. The van der Waals surface area contributed by atoms with E-state index in [2.05, 4.69) is 5.32 Å². The van der Waals surface area contributed by atoms with Crippen LogP contribution in [0.5, 0.6) is 5.75 Å². The van der Waals surface area contributed by atoms with Gasteiger partial charge in [-0.25, -0.2) is 4.79 Å². The third-order valence-corrected chi connectivity index (χ3v) is 3.91. The topological polar surface area (TPSA) is 75.6 Å². The smallest absolute Gasteiger partial charge is 0.329 e. The maximum absolute atomic E-state index is 12.3. The van der Waals surface area contributed by atoms with Gasteiger partial charge >= 0.3 is 5.97 Å². The molecular formula is C16H21NO4. The highest BCUT2D eigenvalue weighted by Gasteiger charge is 2.49. The van der Waals surface area contributed by atoms with Gasteiger partial charge in [0.1, 0.15) is 11.3 Å². The molecule has 0 aromatic heterocycles. The lowest BCUT2D eigenvalue weighted by Gasteiger charge is -2.28. The number of carboxylic acid groups (broad SMARTS) is 1. The molecular weight excluding hydrogens is 270 g/mol. The van der Waals surface area contributed by atoms with E-state index in [-0.39, 0.29) is 11.8 Å². The maximum atomic E-state index is 12.3. The Hall–Kier alpha value is -2.04. The Balaban J connectivity index is 2.04. The lowest BCUT2D eigenvalue weighted by molar-refractivity contribution is -0.149. The van der Waals surface area contributed by atoms with Crippen LogP contribution in [0.2, 0.25) is 0 Å². The fourth-order valence-electron chi connectivity index (χ4n) is 2.31. The second-order valence-electron chi connectivity index (χ2n) is 5.60. The summed E-state index contributed by atoms with van der Waals surface area (Å²) >= 11 is 0. The van der Waals surface area contributed by atoms with E-state index in [1.54, 1.807) is 19.1 Å². The first kappa shape index (κ1) is 15.4. The molecule has 1 amide bonds. The van der Waals surface area contributed by atoms with E-state index < -0.39 is 17.6 Å². The van der Waals surface area contributed by atoms with Crippen molar-refractivity contribution in [2.24, 2.45) is 5.92 Å². The van der Waals surface area contributed by atoms with Crippen LogP contribution in [0.1, 0.15) is 33.1 Å². The van der Waals surface area contributed by atoms with Crippen molar-refractivity contribution in [1.29, 1.82) is 0 Å². The molecule has 2 unspecified atom stereocenters. The molecule has 2 N–H and O–H groups in total. The zero-order valence-corrected chi connectivity index (χ0v) is 12.3. The van der Waals surface area contributed by atoms with Crippen LogP contribution in [-0.2, 0) is 9.59 Å². The van der Waals surface area contributed by atoms with E-state index in [9.17, 15) is 14.7 Å². The molecule has 1 fully saturated rings. The monoisotopic (exact) mass is 291 g/mol. The molecule has 1 aromatic carbocycles. The highest BCUT2D eigenvalue weighted by Crippen LogP contribution is 2.39. The third kappa shape index (κ3) is 3.54. The van der Waals surface area contributed by atoms with Crippen LogP contribution in [0.4, 0.5) is 0 Å². The predicted octanol–water partition coefficient (Wildman–Crippen LogP) is 2.21. The number of benzene rings is 1. The molecule has 1 aliphatic rings. The van der Waals surface area contributed by atoms with Crippen LogP contribution in [0.3, 0.4) is 0 Å². The minimum absolute atomic E-state index is 0.00758. The molecule has 1 saturated carbocycles. The summed E-state index contributed by atoms with van der Waals surface area (Å²) in [5.74, 6) is -0.762. The Morgan fingerprint density at radius 2 is 2.00 bits per heavy atom. The van der Waals surface area contributed by atoms with Gasteiger partial charge in [0, 0.05) is 0 Å². The average Bonchev–Trinajstić information content (AvgIpc) is 3.30. The van der Waals surface area contributed by atoms with Crippen molar-refractivity contribution in [2.45, 2.75) is 44.8 Å².